The minimum Gasteiger partial charge on any atom is -0.380 e. The van der Waals surface area contributed by atoms with E-state index < -0.39 is 0 Å². The molecule has 0 spiro atoms. The van der Waals surface area contributed by atoms with Crippen LogP contribution < -0.4 is 0 Å². The summed E-state index contributed by atoms with van der Waals surface area (Å²) in [5, 5.41) is 0. The van der Waals surface area contributed by atoms with Crippen LogP contribution in [0.25, 0.3) is 0 Å². The lowest BCUT2D eigenvalue weighted by molar-refractivity contribution is -0.111. The molecule has 4 rings (SSSR count). The Balaban J connectivity index is 0.00000176. The Morgan fingerprint density at radius 2 is 1.77 bits per heavy atom. The average molecular weight is 330 g/mol. The number of rotatable bonds is 6. The molecule has 0 N–H and O–H groups in total. The molecule has 0 radical (unpaired) electrons. The van der Waals surface area contributed by atoms with Crippen molar-refractivity contribution in [2.75, 3.05) is 32.8 Å². The summed E-state index contributed by atoms with van der Waals surface area (Å²) >= 11 is 0. The molecule has 1 heterocycles. The zero-order valence-corrected chi connectivity index (χ0v) is 15.7. The van der Waals surface area contributed by atoms with E-state index in [0.717, 1.165) is 43.4 Å². The van der Waals surface area contributed by atoms with E-state index >= 15 is 0 Å². The quantitative estimate of drug-likeness (QED) is 0.659. The van der Waals surface area contributed by atoms with Crippen LogP contribution in [-0.2, 0) is 4.74 Å². The first-order valence-corrected chi connectivity index (χ1v) is 9.37. The molecule has 0 aromatic carbocycles. The van der Waals surface area contributed by atoms with Crippen molar-refractivity contribution < 1.29 is 4.74 Å². The average Bonchev–Trinajstić information content (AvgIpc) is 2.49. The lowest BCUT2D eigenvalue weighted by Gasteiger charge is -2.60. The fourth-order valence-corrected chi connectivity index (χ4v) is 5.12. The van der Waals surface area contributed by atoms with Crippen molar-refractivity contribution in [3.8, 4) is 0 Å². The van der Waals surface area contributed by atoms with Gasteiger partial charge in [-0.3, -0.25) is 0 Å². The van der Waals surface area contributed by atoms with Gasteiger partial charge in [-0.25, -0.2) is 0 Å². The van der Waals surface area contributed by atoms with Crippen LogP contribution in [0.3, 0.4) is 0 Å². The van der Waals surface area contributed by atoms with Crippen molar-refractivity contribution in [3.05, 3.63) is 0 Å². The van der Waals surface area contributed by atoms with E-state index in [0.29, 0.717) is 5.41 Å². The molecule has 0 aromatic heterocycles. The highest BCUT2D eigenvalue weighted by atomic mass is 35.5. The van der Waals surface area contributed by atoms with Crippen LogP contribution in [-0.4, -0.2) is 37.7 Å². The zero-order chi connectivity index (χ0) is 14.9. The van der Waals surface area contributed by atoms with Gasteiger partial charge >= 0.3 is 0 Å². The van der Waals surface area contributed by atoms with Crippen LogP contribution in [0, 0.1) is 29.1 Å². The summed E-state index contributed by atoms with van der Waals surface area (Å²) < 4.78 is 5.96. The normalized spacial score (nSPS) is 34.8. The lowest BCUT2D eigenvalue weighted by atomic mass is 9.45. The minimum atomic E-state index is 0. The minimum absolute atomic E-state index is 0. The van der Waals surface area contributed by atoms with Crippen molar-refractivity contribution in [3.63, 3.8) is 0 Å². The molecule has 130 valence electrons. The van der Waals surface area contributed by atoms with Gasteiger partial charge in [0.15, 0.2) is 0 Å². The van der Waals surface area contributed by atoms with E-state index in [1.54, 1.807) is 0 Å². The van der Waals surface area contributed by atoms with E-state index in [-0.39, 0.29) is 12.4 Å². The number of hydrogen-bond donors (Lipinski definition) is 0. The topological polar surface area (TPSA) is 12.5 Å². The van der Waals surface area contributed by atoms with Crippen molar-refractivity contribution >= 4 is 12.4 Å². The summed E-state index contributed by atoms with van der Waals surface area (Å²) in [6.45, 7) is 13.0. The number of fused-ring (bicyclic) bond motifs is 2. The Morgan fingerprint density at radius 3 is 2.41 bits per heavy atom. The Bertz CT molecular complexity index is 336. The van der Waals surface area contributed by atoms with Gasteiger partial charge in [0, 0.05) is 13.2 Å². The molecule has 4 aliphatic rings. The van der Waals surface area contributed by atoms with E-state index in [1.807, 2.05) is 0 Å². The Labute approximate surface area is 143 Å². The summed E-state index contributed by atoms with van der Waals surface area (Å²) in [5.74, 6) is 3.90. The molecule has 4 fully saturated rings. The molecule has 0 aromatic rings. The van der Waals surface area contributed by atoms with Gasteiger partial charge in [-0.1, -0.05) is 20.8 Å². The van der Waals surface area contributed by atoms with Gasteiger partial charge in [-0.15, -0.1) is 12.4 Å². The Kier molecular flexibility index (Phi) is 6.62. The van der Waals surface area contributed by atoms with Gasteiger partial charge in [0.25, 0.3) is 0 Å². The van der Waals surface area contributed by atoms with Gasteiger partial charge in [-0.2, -0.15) is 0 Å². The molecule has 3 unspecified atom stereocenters. The second-order valence-corrected chi connectivity index (χ2v) is 8.62. The van der Waals surface area contributed by atoms with Crippen LogP contribution in [0.1, 0.15) is 59.3 Å². The summed E-state index contributed by atoms with van der Waals surface area (Å²) in [4.78, 5) is 2.58. The van der Waals surface area contributed by atoms with Crippen LogP contribution in [0.2, 0.25) is 0 Å². The van der Waals surface area contributed by atoms with E-state index in [4.69, 9.17) is 4.74 Å². The third-order valence-electron chi connectivity index (χ3n) is 7.06. The highest BCUT2D eigenvalue weighted by molar-refractivity contribution is 5.85. The lowest BCUT2D eigenvalue weighted by Crippen LogP contribution is -2.52. The monoisotopic (exact) mass is 329 g/mol. The molecular weight excluding hydrogens is 294 g/mol. The van der Waals surface area contributed by atoms with E-state index in [9.17, 15) is 0 Å². The van der Waals surface area contributed by atoms with Crippen LogP contribution in [0.15, 0.2) is 0 Å². The van der Waals surface area contributed by atoms with Gasteiger partial charge in [0.2, 0.25) is 0 Å². The summed E-state index contributed by atoms with van der Waals surface area (Å²) in [6, 6.07) is 0. The first kappa shape index (κ1) is 18.5. The SMILES string of the molecule is CC1CCN(CCOCCC2CCC3CC2C3(C)C)CC1.Cl. The highest BCUT2D eigenvalue weighted by Crippen LogP contribution is 2.61. The van der Waals surface area contributed by atoms with Gasteiger partial charge in [0.05, 0.1) is 6.61 Å². The molecule has 0 amide bonds. The fourth-order valence-electron chi connectivity index (χ4n) is 5.12. The van der Waals surface area contributed by atoms with Crippen LogP contribution in [0.5, 0.6) is 0 Å². The third-order valence-corrected chi connectivity index (χ3v) is 7.06. The molecule has 3 heteroatoms. The molecule has 2 bridgehead atoms. The summed E-state index contributed by atoms with van der Waals surface area (Å²) in [6.07, 6.45) is 8.49. The van der Waals surface area contributed by atoms with Crippen molar-refractivity contribution in [1.82, 2.24) is 4.90 Å². The number of ether oxygens (including phenoxy) is 1. The first-order chi connectivity index (χ1) is 10.1. The number of likely N-dealkylation sites (tertiary alicyclic amines) is 1. The smallest absolute Gasteiger partial charge is 0.0593 e. The largest absolute Gasteiger partial charge is 0.380 e. The summed E-state index contributed by atoms with van der Waals surface area (Å²) in [7, 11) is 0. The van der Waals surface area contributed by atoms with Crippen molar-refractivity contribution in [2.45, 2.75) is 59.3 Å². The summed E-state index contributed by atoms with van der Waals surface area (Å²) in [5.41, 5.74) is 0.632. The number of nitrogens with zero attached hydrogens (tertiary/aromatic N) is 1. The van der Waals surface area contributed by atoms with Gasteiger partial charge in [0.1, 0.15) is 0 Å². The Morgan fingerprint density at radius 1 is 1.05 bits per heavy atom. The molecule has 3 aliphatic carbocycles. The predicted molar refractivity (Wildman–Crippen MR) is 95.6 cm³/mol. The molecular formula is C19H36ClNO. The number of halogens is 1. The third kappa shape index (κ3) is 3.99. The number of piperidine rings is 1. The maximum Gasteiger partial charge on any atom is 0.0593 e. The van der Waals surface area contributed by atoms with Gasteiger partial charge < -0.3 is 9.64 Å². The fraction of sp³-hybridized carbons (Fsp3) is 1.00. The van der Waals surface area contributed by atoms with Gasteiger partial charge in [-0.05, 0) is 80.7 Å². The Hall–Kier alpha value is 0.210. The van der Waals surface area contributed by atoms with E-state index in [2.05, 4.69) is 25.7 Å². The molecule has 1 aliphatic heterocycles. The van der Waals surface area contributed by atoms with Crippen molar-refractivity contribution in [2.24, 2.45) is 29.1 Å². The predicted octanol–water partition coefficient (Wildman–Crippen LogP) is 4.62. The second-order valence-electron chi connectivity index (χ2n) is 8.62. The highest BCUT2D eigenvalue weighted by Gasteiger charge is 2.53. The maximum atomic E-state index is 5.96. The molecule has 2 nitrogen and oxygen atoms in total. The van der Waals surface area contributed by atoms with Crippen LogP contribution in [0.4, 0.5) is 0 Å². The molecule has 22 heavy (non-hydrogen) atoms. The molecule has 3 saturated carbocycles. The van der Waals surface area contributed by atoms with E-state index in [1.165, 1.54) is 51.6 Å². The molecule has 1 saturated heterocycles. The first-order valence-electron chi connectivity index (χ1n) is 9.37. The zero-order valence-electron chi connectivity index (χ0n) is 14.9. The van der Waals surface area contributed by atoms with Crippen molar-refractivity contribution in [1.29, 1.82) is 0 Å². The van der Waals surface area contributed by atoms with Crippen LogP contribution >= 0.6 is 12.4 Å². The maximum absolute atomic E-state index is 5.96. The second kappa shape index (κ2) is 7.85. The molecule has 3 atom stereocenters. The number of hydrogen-bond acceptors (Lipinski definition) is 2. The standard InChI is InChI=1S/C19H35NO.ClH/c1-15-6-9-20(10-7-15)11-13-21-12-8-16-4-5-17-14-18(16)19(17,2)3;/h15-18H,4-14H2,1-3H3;1H.